The van der Waals surface area contributed by atoms with Crippen molar-refractivity contribution in [1.82, 2.24) is 10.1 Å². The molecule has 1 aromatic heterocycles. The molecule has 0 aliphatic rings. The minimum absolute atomic E-state index is 0.217. The van der Waals surface area contributed by atoms with Gasteiger partial charge >= 0.3 is 5.97 Å². The van der Waals surface area contributed by atoms with Gasteiger partial charge in [0.25, 0.3) is 0 Å². The van der Waals surface area contributed by atoms with Crippen LogP contribution in [-0.2, 0) is 20.8 Å². The number of carbonyl (C=O) groups excluding carboxylic acids is 1. The van der Waals surface area contributed by atoms with Gasteiger partial charge in [-0.2, -0.15) is 0 Å². The number of ether oxygens (including phenoxy) is 2. The molecule has 0 aliphatic carbocycles. The van der Waals surface area contributed by atoms with Crippen LogP contribution in [0.25, 0.3) is 0 Å². The molecule has 0 bridgehead atoms. The number of rotatable bonds is 8. The zero-order chi connectivity index (χ0) is 13.4. The summed E-state index contributed by atoms with van der Waals surface area (Å²) < 4.78 is 14.8. The summed E-state index contributed by atoms with van der Waals surface area (Å²) in [5.74, 6) is 0.569. The van der Waals surface area contributed by atoms with E-state index in [-0.39, 0.29) is 5.97 Å². The lowest BCUT2D eigenvalue weighted by atomic mass is 10.3. The van der Waals surface area contributed by atoms with Crippen LogP contribution in [0, 0.1) is 6.92 Å². The molecule has 1 heterocycles. The average Bonchev–Trinajstić information content (AvgIpc) is 2.77. The molecule has 0 amide bonds. The largest absolute Gasteiger partial charge is 0.469 e. The smallest absolute Gasteiger partial charge is 0.306 e. The molecule has 1 aromatic rings. The van der Waals surface area contributed by atoms with Crippen LogP contribution < -0.4 is 0 Å². The molecule has 6 heteroatoms. The fourth-order valence-electron chi connectivity index (χ4n) is 1.55. The summed E-state index contributed by atoms with van der Waals surface area (Å²) in [7, 11) is 3.04. The van der Waals surface area contributed by atoms with Crippen molar-refractivity contribution < 1.29 is 18.8 Å². The third-order valence-electron chi connectivity index (χ3n) is 2.53. The molecule has 0 unspecified atom stereocenters. The summed E-state index contributed by atoms with van der Waals surface area (Å²) in [6.07, 6.45) is 0.354. The first kappa shape index (κ1) is 14.7. The van der Waals surface area contributed by atoms with Crippen LogP contribution in [0.3, 0.4) is 0 Å². The fourth-order valence-corrected chi connectivity index (χ4v) is 1.55. The highest BCUT2D eigenvalue weighted by molar-refractivity contribution is 5.69. The van der Waals surface area contributed by atoms with Gasteiger partial charge in [-0.1, -0.05) is 5.16 Å². The maximum absolute atomic E-state index is 11.1. The van der Waals surface area contributed by atoms with Crippen LogP contribution in [0.5, 0.6) is 0 Å². The van der Waals surface area contributed by atoms with E-state index in [1.54, 1.807) is 7.11 Å². The van der Waals surface area contributed by atoms with Crippen LogP contribution in [0.15, 0.2) is 10.6 Å². The molecule has 102 valence electrons. The summed E-state index contributed by atoms with van der Waals surface area (Å²) in [6, 6.07) is 1.89. The Morgan fingerprint density at radius 2 is 2.22 bits per heavy atom. The van der Waals surface area contributed by atoms with E-state index in [9.17, 15) is 4.79 Å². The molecule has 18 heavy (non-hydrogen) atoms. The van der Waals surface area contributed by atoms with Gasteiger partial charge in [-0.05, 0) is 6.92 Å². The molecule has 0 N–H and O–H groups in total. The van der Waals surface area contributed by atoms with Crippen molar-refractivity contribution in [3.05, 3.63) is 17.5 Å². The van der Waals surface area contributed by atoms with Crippen molar-refractivity contribution in [2.45, 2.75) is 19.9 Å². The van der Waals surface area contributed by atoms with Crippen molar-refractivity contribution in [1.29, 1.82) is 0 Å². The molecule has 0 radical (unpaired) electrons. The van der Waals surface area contributed by atoms with Gasteiger partial charge in [-0.25, -0.2) is 0 Å². The number of aryl methyl sites for hydroxylation is 1. The zero-order valence-corrected chi connectivity index (χ0v) is 11.1. The van der Waals surface area contributed by atoms with E-state index in [0.717, 1.165) is 18.0 Å². The molecule has 0 saturated heterocycles. The summed E-state index contributed by atoms with van der Waals surface area (Å²) in [5, 5.41) is 3.84. The lowest BCUT2D eigenvalue weighted by Gasteiger charge is -2.19. The Morgan fingerprint density at radius 1 is 1.44 bits per heavy atom. The second-order valence-electron chi connectivity index (χ2n) is 4.03. The van der Waals surface area contributed by atoms with Gasteiger partial charge < -0.3 is 14.0 Å². The van der Waals surface area contributed by atoms with Crippen molar-refractivity contribution >= 4 is 5.97 Å². The fraction of sp³-hybridized carbons (Fsp3) is 0.667. The first-order chi connectivity index (χ1) is 8.65. The Balaban J connectivity index is 2.46. The highest BCUT2D eigenvalue weighted by Gasteiger charge is 2.11. The lowest BCUT2D eigenvalue weighted by Crippen LogP contribution is -2.29. The normalized spacial score (nSPS) is 10.9. The van der Waals surface area contributed by atoms with E-state index in [4.69, 9.17) is 9.26 Å². The molecule has 0 saturated carbocycles. The minimum Gasteiger partial charge on any atom is -0.469 e. The molecule has 1 rings (SSSR count). The monoisotopic (exact) mass is 256 g/mol. The number of hydrogen-bond acceptors (Lipinski definition) is 6. The van der Waals surface area contributed by atoms with Gasteiger partial charge in [0.15, 0.2) is 5.76 Å². The summed E-state index contributed by atoms with van der Waals surface area (Å²) in [5.41, 5.74) is 0.852. The summed E-state index contributed by atoms with van der Waals surface area (Å²) in [6.45, 7) is 4.43. The van der Waals surface area contributed by atoms with Crippen molar-refractivity contribution in [3.63, 3.8) is 0 Å². The van der Waals surface area contributed by atoms with Gasteiger partial charge in [0.2, 0.25) is 0 Å². The molecule has 0 aliphatic heterocycles. The van der Waals surface area contributed by atoms with Gasteiger partial charge in [0.05, 0.1) is 32.4 Å². The Hall–Kier alpha value is -1.40. The van der Waals surface area contributed by atoms with E-state index in [1.807, 2.05) is 13.0 Å². The maximum Gasteiger partial charge on any atom is 0.306 e. The second-order valence-corrected chi connectivity index (χ2v) is 4.03. The van der Waals surface area contributed by atoms with E-state index in [0.29, 0.717) is 26.1 Å². The van der Waals surface area contributed by atoms with Crippen LogP contribution >= 0.6 is 0 Å². The van der Waals surface area contributed by atoms with E-state index < -0.39 is 0 Å². The lowest BCUT2D eigenvalue weighted by molar-refractivity contribution is -0.141. The predicted molar refractivity (Wildman–Crippen MR) is 65.0 cm³/mol. The van der Waals surface area contributed by atoms with Gasteiger partial charge in [-0.15, -0.1) is 0 Å². The number of aromatic nitrogens is 1. The molecule has 0 spiro atoms. The summed E-state index contributed by atoms with van der Waals surface area (Å²) >= 11 is 0. The van der Waals surface area contributed by atoms with E-state index >= 15 is 0 Å². The molecular weight excluding hydrogens is 236 g/mol. The molecule has 6 nitrogen and oxygen atoms in total. The van der Waals surface area contributed by atoms with Crippen molar-refractivity contribution in [2.75, 3.05) is 33.9 Å². The number of nitrogens with zero attached hydrogens (tertiary/aromatic N) is 2. The van der Waals surface area contributed by atoms with Crippen LogP contribution in [0.1, 0.15) is 17.9 Å². The summed E-state index contributed by atoms with van der Waals surface area (Å²) in [4.78, 5) is 13.2. The highest BCUT2D eigenvalue weighted by atomic mass is 16.5. The first-order valence-corrected chi connectivity index (χ1v) is 5.86. The van der Waals surface area contributed by atoms with Crippen LogP contribution in [0.2, 0.25) is 0 Å². The van der Waals surface area contributed by atoms with E-state index in [2.05, 4.69) is 14.8 Å². The molecule has 0 atom stereocenters. The predicted octanol–water partition coefficient (Wildman–Crippen LogP) is 0.995. The number of carbonyl (C=O) groups is 1. The first-order valence-electron chi connectivity index (χ1n) is 5.86. The third-order valence-corrected chi connectivity index (χ3v) is 2.53. The van der Waals surface area contributed by atoms with Gasteiger partial charge in [0.1, 0.15) is 0 Å². The number of hydrogen-bond donors (Lipinski definition) is 0. The van der Waals surface area contributed by atoms with Crippen LogP contribution in [0.4, 0.5) is 0 Å². The Labute approximate surface area is 107 Å². The van der Waals surface area contributed by atoms with E-state index in [1.165, 1.54) is 7.11 Å². The Morgan fingerprint density at radius 3 is 2.78 bits per heavy atom. The zero-order valence-electron chi connectivity index (χ0n) is 11.1. The van der Waals surface area contributed by atoms with Gasteiger partial charge in [-0.3, -0.25) is 9.69 Å². The standard InChI is InChI=1S/C12H20N2O4/c1-10-8-11(18-13-10)9-14(6-7-16-2)5-4-12(15)17-3/h8H,4-7,9H2,1-3H3. The molecule has 0 aromatic carbocycles. The SMILES string of the molecule is COCCN(CCC(=O)OC)Cc1cc(C)no1. The topological polar surface area (TPSA) is 64.8 Å². The minimum atomic E-state index is -0.217. The molecular formula is C12H20N2O4. The van der Waals surface area contributed by atoms with Crippen molar-refractivity contribution in [3.8, 4) is 0 Å². The number of esters is 1. The average molecular weight is 256 g/mol. The Kier molecular flexibility index (Phi) is 6.38. The van der Waals surface area contributed by atoms with Gasteiger partial charge in [0, 0.05) is 26.3 Å². The maximum atomic E-state index is 11.1. The van der Waals surface area contributed by atoms with Crippen LogP contribution in [-0.4, -0.2) is 49.9 Å². The third kappa shape index (κ3) is 5.29. The number of methoxy groups -OCH3 is 2. The molecule has 0 fully saturated rings. The second kappa shape index (κ2) is 7.84. The quantitative estimate of drug-likeness (QED) is 0.646. The van der Waals surface area contributed by atoms with Crippen molar-refractivity contribution in [2.24, 2.45) is 0 Å². The highest BCUT2D eigenvalue weighted by Crippen LogP contribution is 2.07. The Bertz CT molecular complexity index is 365.